The van der Waals surface area contributed by atoms with Crippen molar-refractivity contribution in [2.24, 2.45) is 0 Å². The fourth-order valence-electron chi connectivity index (χ4n) is 2.06. The molecule has 2 aromatic heterocycles. The van der Waals surface area contributed by atoms with Crippen LogP contribution >= 0.6 is 11.3 Å². The first-order chi connectivity index (χ1) is 10.5. The number of rotatable bonds is 5. The highest BCUT2D eigenvalue weighted by molar-refractivity contribution is 7.15. The number of aromatic nitrogens is 3. The summed E-state index contributed by atoms with van der Waals surface area (Å²) in [5, 5.41) is 3.20. The summed E-state index contributed by atoms with van der Waals surface area (Å²) >= 11 is 0.619. The van der Waals surface area contributed by atoms with Gasteiger partial charge in [0.1, 0.15) is 10.7 Å². The molecule has 4 nitrogen and oxygen atoms in total. The van der Waals surface area contributed by atoms with Crippen molar-refractivity contribution in [3.63, 3.8) is 0 Å². The molecule has 2 N–H and O–H groups in total. The molecule has 1 aromatic carbocycles. The maximum atomic E-state index is 12.4. The summed E-state index contributed by atoms with van der Waals surface area (Å²) < 4.78 is 37.3. The molecule has 0 aliphatic heterocycles. The van der Waals surface area contributed by atoms with E-state index in [4.69, 9.17) is 0 Å². The van der Waals surface area contributed by atoms with Gasteiger partial charge in [-0.05, 0) is 18.6 Å². The molecule has 0 aliphatic rings. The Morgan fingerprint density at radius 3 is 2.77 bits per heavy atom. The minimum atomic E-state index is -4.33. The van der Waals surface area contributed by atoms with E-state index in [1.165, 1.54) is 0 Å². The summed E-state index contributed by atoms with van der Waals surface area (Å²) in [6.45, 7) is 0.544. The lowest BCUT2D eigenvalue weighted by molar-refractivity contribution is -0.134. The second-order valence-electron chi connectivity index (χ2n) is 4.76. The zero-order chi connectivity index (χ0) is 15.6. The second-order valence-corrected chi connectivity index (χ2v) is 5.79. The molecule has 0 bridgehead atoms. The monoisotopic (exact) mass is 326 g/mol. The number of alkyl halides is 3. The standard InChI is InChI=1S/C14H13F3N4S/c15-14(16,17)11-8-19-13(22-11)18-7-3-6-12-20-9-4-1-2-5-10(9)21-12/h1-2,4-5,8H,3,6-7H2,(H,18,19)(H,20,21). The van der Waals surface area contributed by atoms with Gasteiger partial charge in [0, 0.05) is 13.0 Å². The first kappa shape index (κ1) is 14.8. The number of hydrogen-bond acceptors (Lipinski definition) is 4. The highest BCUT2D eigenvalue weighted by Crippen LogP contribution is 2.34. The molecule has 3 aromatic rings. The van der Waals surface area contributed by atoms with Gasteiger partial charge in [-0.25, -0.2) is 9.97 Å². The Kier molecular flexibility index (Phi) is 4.02. The van der Waals surface area contributed by atoms with E-state index in [2.05, 4.69) is 20.3 Å². The van der Waals surface area contributed by atoms with Crippen molar-refractivity contribution >= 4 is 27.5 Å². The van der Waals surface area contributed by atoms with Crippen molar-refractivity contribution in [3.05, 3.63) is 41.2 Å². The van der Waals surface area contributed by atoms with Crippen molar-refractivity contribution < 1.29 is 13.2 Å². The van der Waals surface area contributed by atoms with Crippen LogP contribution in [0.15, 0.2) is 30.5 Å². The van der Waals surface area contributed by atoms with Crippen LogP contribution in [0.4, 0.5) is 18.3 Å². The molecule has 0 unspecified atom stereocenters. The zero-order valence-corrected chi connectivity index (χ0v) is 12.3. The SMILES string of the molecule is FC(F)(F)c1cnc(NCCCc2nc3ccccc3[nH]2)s1. The van der Waals surface area contributed by atoms with Gasteiger partial charge in [-0.1, -0.05) is 23.5 Å². The molecular weight excluding hydrogens is 313 g/mol. The second kappa shape index (κ2) is 5.96. The first-order valence-corrected chi connectivity index (χ1v) is 7.54. The van der Waals surface area contributed by atoms with Crippen LogP contribution < -0.4 is 5.32 Å². The van der Waals surface area contributed by atoms with Gasteiger partial charge in [-0.2, -0.15) is 13.2 Å². The summed E-state index contributed by atoms with van der Waals surface area (Å²) in [5.41, 5.74) is 1.90. The van der Waals surface area contributed by atoms with Crippen molar-refractivity contribution in [2.45, 2.75) is 19.0 Å². The fourth-order valence-corrected chi connectivity index (χ4v) is 2.77. The largest absolute Gasteiger partial charge is 0.427 e. The minimum absolute atomic E-state index is 0.289. The number of H-pyrrole nitrogens is 1. The Bertz CT molecular complexity index is 730. The van der Waals surface area contributed by atoms with Crippen molar-refractivity contribution in [3.8, 4) is 0 Å². The molecular formula is C14H13F3N4S. The van der Waals surface area contributed by atoms with Crippen LogP contribution in [0.2, 0.25) is 0 Å². The molecule has 0 amide bonds. The average molecular weight is 326 g/mol. The summed E-state index contributed by atoms with van der Waals surface area (Å²) in [5.74, 6) is 0.873. The van der Waals surface area contributed by atoms with E-state index in [0.29, 0.717) is 17.9 Å². The predicted molar refractivity (Wildman–Crippen MR) is 80.0 cm³/mol. The molecule has 22 heavy (non-hydrogen) atoms. The Morgan fingerprint density at radius 2 is 2.05 bits per heavy atom. The molecule has 0 atom stereocenters. The van der Waals surface area contributed by atoms with Crippen LogP contribution in [0, 0.1) is 0 Å². The lowest BCUT2D eigenvalue weighted by Crippen LogP contribution is -2.03. The number of aryl methyl sites for hydroxylation is 1. The third-order valence-corrected chi connectivity index (χ3v) is 4.09. The smallest absolute Gasteiger partial charge is 0.361 e. The Morgan fingerprint density at radius 1 is 1.23 bits per heavy atom. The molecule has 3 rings (SSSR count). The maximum absolute atomic E-state index is 12.4. The average Bonchev–Trinajstić information content (AvgIpc) is 3.09. The van der Waals surface area contributed by atoms with Crippen LogP contribution in [-0.4, -0.2) is 21.5 Å². The molecule has 2 heterocycles. The van der Waals surface area contributed by atoms with E-state index in [9.17, 15) is 13.2 Å². The summed E-state index contributed by atoms with van der Waals surface area (Å²) in [6.07, 6.45) is -2.00. The molecule has 0 spiro atoms. The number of thiazole rings is 1. The number of anilines is 1. The lowest BCUT2D eigenvalue weighted by atomic mass is 10.3. The van der Waals surface area contributed by atoms with Crippen LogP contribution in [0.25, 0.3) is 11.0 Å². The van der Waals surface area contributed by atoms with E-state index >= 15 is 0 Å². The minimum Gasteiger partial charge on any atom is -0.361 e. The Labute approximate surface area is 128 Å². The Hall–Kier alpha value is -2.09. The van der Waals surface area contributed by atoms with Gasteiger partial charge < -0.3 is 10.3 Å². The number of imidazole rings is 1. The van der Waals surface area contributed by atoms with Gasteiger partial charge in [0.15, 0.2) is 5.13 Å². The first-order valence-electron chi connectivity index (χ1n) is 6.73. The van der Waals surface area contributed by atoms with E-state index in [-0.39, 0.29) is 5.13 Å². The predicted octanol–water partition coefficient (Wildman–Crippen LogP) is 4.08. The number of fused-ring (bicyclic) bond motifs is 1. The van der Waals surface area contributed by atoms with Gasteiger partial charge >= 0.3 is 6.18 Å². The summed E-state index contributed by atoms with van der Waals surface area (Å²) in [6, 6.07) is 7.75. The fraction of sp³-hybridized carbons (Fsp3) is 0.286. The number of benzene rings is 1. The van der Waals surface area contributed by atoms with E-state index in [1.807, 2.05) is 24.3 Å². The van der Waals surface area contributed by atoms with Gasteiger partial charge in [0.05, 0.1) is 17.2 Å². The van der Waals surface area contributed by atoms with Crippen molar-refractivity contribution in [1.82, 2.24) is 15.0 Å². The third kappa shape index (κ3) is 3.38. The molecule has 0 aliphatic carbocycles. The number of aromatic amines is 1. The van der Waals surface area contributed by atoms with Crippen molar-refractivity contribution in [1.29, 1.82) is 0 Å². The zero-order valence-electron chi connectivity index (χ0n) is 11.4. The molecule has 116 valence electrons. The van der Waals surface area contributed by atoms with Crippen LogP contribution in [0.1, 0.15) is 17.1 Å². The van der Waals surface area contributed by atoms with Crippen molar-refractivity contribution in [2.75, 3.05) is 11.9 Å². The molecule has 0 radical (unpaired) electrons. The summed E-state index contributed by atoms with van der Waals surface area (Å²) in [4.78, 5) is 10.7. The molecule has 0 saturated heterocycles. The highest BCUT2D eigenvalue weighted by Gasteiger charge is 2.33. The number of hydrogen-bond donors (Lipinski definition) is 2. The van der Waals surface area contributed by atoms with Gasteiger partial charge in [-0.3, -0.25) is 0 Å². The molecule has 0 fully saturated rings. The quantitative estimate of drug-likeness (QED) is 0.695. The van der Waals surface area contributed by atoms with Crippen LogP contribution in [0.3, 0.4) is 0 Å². The van der Waals surface area contributed by atoms with E-state index < -0.39 is 11.1 Å². The topological polar surface area (TPSA) is 53.6 Å². The number of para-hydroxylation sites is 2. The van der Waals surface area contributed by atoms with Crippen LogP contribution in [-0.2, 0) is 12.6 Å². The number of halogens is 3. The highest BCUT2D eigenvalue weighted by atomic mass is 32.1. The number of nitrogens with one attached hydrogen (secondary N) is 2. The molecule has 0 saturated carbocycles. The van der Waals surface area contributed by atoms with Gasteiger partial charge in [0.25, 0.3) is 0 Å². The van der Waals surface area contributed by atoms with Crippen LogP contribution in [0.5, 0.6) is 0 Å². The maximum Gasteiger partial charge on any atom is 0.427 e. The normalized spacial score (nSPS) is 12.0. The third-order valence-electron chi connectivity index (χ3n) is 3.09. The Balaban J connectivity index is 1.50. The van der Waals surface area contributed by atoms with Gasteiger partial charge in [0.2, 0.25) is 0 Å². The van der Waals surface area contributed by atoms with Gasteiger partial charge in [-0.15, -0.1) is 0 Å². The lowest BCUT2D eigenvalue weighted by Gasteiger charge is -2.02. The number of nitrogens with zero attached hydrogens (tertiary/aromatic N) is 2. The molecule has 8 heteroatoms. The van der Waals surface area contributed by atoms with E-state index in [0.717, 1.165) is 35.9 Å². The van der Waals surface area contributed by atoms with E-state index in [1.54, 1.807) is 0 Å². The summed E-state index contributed by atoms with van der Waals surface area (Å²) in [7, 11) is 0.